The van der Waals surface area contributed by atoms with Crippen molar-refractivity contribution in [2.45, 2.75) is 45.1 Å². The normalized spacial score (nSPS) is 18.8. The molecule has 0 aromatic rings. The SMILES string of the molecule is CC(=O)N(C=S)C1CCCCC1. The topological polar surface area (TPSA) is 20.3 Å². The van der Waals surface area contributed by atoms with Gasteiger partial charge in [0.05, 0.1) is 5.49 Å². The van der Waals surface area contributed by atoms with Crippen molar-refractivity contribution in [3.05, 3.63) is 0 Å². The van der Waals surface area contributed by atoms with Crippen LogP contribution in [0.3, 0.4) is 0 Å². The zero-order valence-electron chi connectivity index (χ0n) is 7.45. The molecule has 1 rings (SSSR count). The number of thiocarbonyl (C=S) groups is 1. The number of amides is 1. The molecule has 68 valence electrons. The molecule has 0 aliphatic heterocycles. The minimum Gasteiger partial charge on any atom is -0.306 e. The average Bonchev–Trinajstić information content (AvgIpc) is 2.07. The number of carbonyl (C=O) groups excluding carboxylic acids is 1. The van der Waals surface area contributed by atoms with Gasteiger partial charge in [0.15, 0.2) is 0 Å². The predicted molar refractivity (Wildman–Crippen MR) is 53.0 cm³/mol. The van der Waals surface area contributed by atoms with Gasteiger partial charge in [-0.3, -0.25) is 4.79 Å². The molecule has 0 radical (unpaired) electrons. The van der Waals surface area contributed by atoms with Crippen molar-refractivity contribution in [1.29, 1.82) is 0 Å². The van der Waals surface area contributed by atoms with Crippen LogP contribution in [-0.2, 0) is 4.79 Å². The van der Waals surface area contributed by atoms with Crippen LogP contribution in [0.5, 0.6) is 0 Å². The maximum atomic E-state index is 11.1. The summed E-state index contributed by atoms with van der Waals surface area (Å²) in [5.74, 6) is 0.0805. The molecule has 0 atom stereocenters. The summed E-state index contributed by atoms with van der Waals surface area (Å²) in [6, 6.07) is 0.383. The molecule has 1 fully saturated rings. The quantitative estimate of drug-likeness (QED) is 0.614. The Balaban J connectivity index is 2.51. The summed E-state index contributed by atoms with van der Waals surface area (Å²) in [6.45, 7) is 1.58. The Hall–Kier alpha value is -0.440. The highest BCUT2D eigenvalue weighted by molar-refractivity contribution is 7.78. The van der Waals surface area contributed by atoms with Crippen LogP contribution in [0, 0.1) is 0 Å². The molecule has 0 saturated heterocycles. The number of hydrogen-bond donors (Lipinski definition) is 0. The molecule has 1 amide bonds. The second-order valence-electron chi connectivity index (χ2n) is 3.32. The highest BCUT2D eigenvalue weighted by Crippen LogP contribution is 2.21. The monoisotopic (exact) mass is 185 g/mol. The molecule has 0 bridgehead atoms. The van der Waals surface area contributed by atoms with Crippen molar-refractivity contribution in [3.63, 3.8) is 0 Å². The van der Waals surface area contributed by atoms with Crippen molar-refractivity contribution >= 4 is 23.6 Å². The highest BCUT2D eigenvalue weighted by Gasteiger charge is 2.20. The maximum Gasteiger partial charge on any atom is 0.224 e. The maximum absolute atomic E-state index is 11.1. The van der Waals surface area contributed by atoms with Gasteiger partial charge in [0, 0.05) is 13.0 Å². The lowest BCUT2D eigenvalue weighted by molar-refractivity contribution is -0.126. The molecule has 0 unspecified atom stereocenters. The van der Waals surface area contributed by atoms with Crippen LogP contribution in [0.15, 0.2) is 0 Å². The second-order valence-corrected chi connectivity index (χ2v) is 3.53. The number of carbonyl (C=O) groups is 1. The van der Waals surface area contributed by atoms with E-state index in [2.05, 4.69) is 0 Å². The third-order valence-corrected chi connectivity index (χ3v) is 2.67. The van der Waals surface area contributed by atoms with Crippen LogP contribution in [0.4, 0.5) is 0 Å². The molecule has 0 N–H and O–H groups in total. The molecule has 0 heterocycles. The summed E-state index contributed by atoms with van der Waals surface area (Å²) in [5.41, 5.74) is 1.50. The summed E-state index contributed by atoms with van der Waals surface area (Å²) < 4.78 is 0. The molecule has 12 heavy (non-hydrogen) atoms. The van der Waals surface area contributed by atoms with Gasteiger partial charge < -0.3 is 4.90 Å². The van der Waals surface area contributed by atoms with E-state index in [0.717, 1.165) is 12.8 Å². The fourth-order valence-electron chi connectivity index (χ4n) is 1.78. The van der Waals surface area contributed by atoms with E-state index in [1.165, 1.54) is 24.8 Å². The molecule has 0 aromatic heterocycles. The Kier molecular flexibility index (Phi) is 3.66. The Bertz CT molecular complexity index is 175. The third kappa shape index (κ3) is 2.27. The molecular weight excluding hydrogens is 170 g/mol. The van der Waals surface area contributed by atoms with E-state index in [1.807, 2.05) is 0 Å². The molecule has 0 spiro atoms. The fraction of sp³-hybridized carbons (Fsp3) is 0.778. The first kappa shape index (κ1) is 9.65. The largest absolute Gasteiger partial charge is 0.306 e. The average molecular weight is 185 g/mol. The predicted octanol–water partition coefficient (Wildman–Crippen LogP) is 2.12. The first-order chi connectivity index (χ1) is 5.75. The van der Waals surface area contributed by atoms with Gasteiger partial charge >= 0.3 is 0 Å². The summed E-state index contributed by atoms with van der Waals surface area (Å²) in [4.78, 5) is 12.8. The minimum atomic E-state index is 0.0805. The van der Waals surface area contributed by atoms with Crippen LogP contribution in [0.2, 0.25) is 0 Å². The van der Waals surface area contributed by atoms with E-state index in [4.69, 9.17) is 12.2 Å². The lowest BCUT2D eigenvalue weighted by atomic mass is 9.94. The molecule has 3 heteroatoms. The van der Waals surface area contributed by atoms with Crippen molar-refractivity contribution in [2.24, 2.45) is 0 Å². The molecule has 1 aliphatic carbocycles. The Labute approximate surface area is 78.9 Å². The van der Waals surface area contributed by atoms with E-state index in [-0.39, 0.29) is 5.91 Å². The van der Waals surface area contributed by atoms with Gasteiger partial charge in [-0.2, -0.15) is 0 Å². The number of rotatable bonds is 2. The first-order valence-electron chi connectivity index (χ1n) is 4.50. The Morgan fingerprint density at radius 2 is 2.00 bits per heavy atom. The fourth-order valence-corrected chi connectivity index (χ4v) is 2.10. The lowest BCUT2D eigenvalue weighted by Crippen LogP contribution is -2.38. The van der Waals surface area contributed by atoms with Gasteiger partial charge in [0.25, 0.3) is 0 Å². The molecule has 0 aromatic carbocycles. The van der Waals surface area contributed by atoms with Gasteiger partial charge in [0.1, 0.15) is 0 Å². The first-order valence-corrected chi connectivity index (χ1v) is 4.97. The van der Waals surface area contributed by atoms with Gasteiger partial charge in [0.2, 0.25) is 5.91 Å². The minimum absolute atomic E-state index is 0.0805. The molecule has 1 saturated carbocycles. The van der Waals surface area contributed by atoms with Crippen molar-refractivity contribution in [3.8, 4) is 0 Å². The van der Waals surface area contributed by atoms with E-state index in [9.17, 15) is 4.79 Å². The number of hydrogen-bond acceptors (Lipinski definition) is 2. The Morgan fingerprint density at radius 3 is 2.42 bits per heavy atom. The summed E-state index contributed by atoms with van der Waals surface area (Å²) in [5, 5.41) is 0. The number of nitrogens with zero attached hydrogens (tertiary/aromatic N) is 1. The van der Waals surface area contributed by atoms with Gasteiger partial charge in [-0.1, -0.05) is 31.5 Å². The summed E-state index contributed by atoms with van der Waals surface area (Å²) in [7, 11) is 0. The van der Waals surface area contributed by atoms with Gasteiger partial charge in [-0.05, 0) is 12.8 Å². The van der Waals surface area contributed by atoms with E-state index in [1.54, 1.807) is 11.8 Å². The molecule has 2 nitrogen and oxygen atoms in total. The standard InChI is InChI=1S/C9H15NOS/c1-8(11)10(7-12)9-5-3-2-4-6-9/h7,9H,2-6H2,1H3. The van der Waals surface area contributed by atoms with Crippen molar-refractivity contribution in [2.75, 3.05) is 0 Å². The third-order valence-electron chi connectivity index (χ3n) is 2.45. The van der Waals surface area contributed by atoms with E-state index in [0.29, 0.717) is 6.04 Å². The smallest absolute Gasteiger partial charge is 0.224 e. The van der Waals surface area contributed by atoms with Crippen LogP contribution < -0.4 is 0 Å². The van der Waals surface area contributed by atoms with Crippen molar-refractivity contribution in [1.82, 2.24) is 4.90 Å². The van der Waals surface area contributed by atoms with E-state index >= 15 is 0 Å². The van der Waals surface area contributed by atoms with Crippen LogP contribution in [-0.4, -0.2) is 22.3 Å². The van der Waals surface area contributed by atoms with Crippen LogP contribution >= 0.6 is 12.2 Å². The van der Waals surface area contributed by atoms with Crippen LogP contribution in [0.25, 0.3) is 0 Å². The highest BCUT2D eigenvalue weighted by atomic mass is 32.1. The zero-order valence-corrected chi connectivity index (χ0v) is 8.27. The summed E-state index contributed by atoms with van der Waals surface area (Å²) in [6.07, 6.45) is 6.01. The lowest BCUT2D eigenvalue weighted by Gasteiger charge is -2.29. The van der Waals surface area contributed by atoms with Crippen molar-refractivity contribution < 1.29 is 4.79 Å². The Morgan fingerprint density at radius 1 is 1.42 bits per heavy atom. The van der Waals surface area contributed by atoms with Gasteiger partial charge in [-0.25, -0.2) is 0 Å². The second kappa shape index (κ2) is 4.55. The van der Waals surface area contributed by atoms with E-state index < -0.39 is 0 Å². The van der Waals surface area contributed by atoms with Crippen LogP contribution in [0.1, 0.15) is 39.0 Å². The van der Waals surface area contributed by atoms with Gasteiger partial charge in [-0.15, -0.1) is 0 Å². The molecule has 1 aliphatic rings. The molecular formula is C9H15NOS. The zero-order chi connectivity index (χ0) is 8.97. The summed E-state index contributed by atoms with van der Waals surface area (Å²) >= 11 is 4.81.